The van der Waals surface area contributed by atoms with Gasteiger partial charge in [-0.3, -0.25) is 4.79 Å². The van der Waals surface area contributed by atoms with Gasteiger partial charge in [-0.1, -0.05) is 6.07 Å². The molecule has 0 spiro atoms. The van der Waals surface area contributed by atoms with Gasteiger partial charge in [0.2, 0.25) is 0 Å². The molecular formula is C14H14BrN3O2. The van der Waals surface area contributed by atoms with E-state index in [4.69, 9.17) is 10.5 Å². The molecule has 5 nitrogen and oxygen atoms in total. The van der Waals surface area contributed by atoms with Gasteiger partial charge in [-0.25, -0.2) is 4.98 Å². The van der Waals surface area contributed by atoms with E-state index in [2.05, 4.69) is 26.2 Å². The Morgan fingerprint density at radius 1 is 1.45 bits per heavy atom. The molecule has 1 aromatic carbocycles. The third-order valence-corrected chi connectivity index (χ3v) is 3.63. The van der Waals surface area contributed by atoms with E-state index in [-0.39, 0.29) is 5.91 Å². The first-order chi connectivity index (χ1) is 9.52. The minimum atomic E-state index is -0.301. The topological polar surface area (TPSA) is 77.2 Å². The van der Waals surface area contributed by atoms with Gasteiger partial charge in [0.25, 0.3) is 5.91 Å². The summed E-state index contributed by atoms with van der Waals surface area (Å²) in [5.74, 6) is 0.174. The van der Waals surface area contributed by atoms with Crippen LogP contribution in [0.25, 0.3) is 0 Å². The Morgan fingerprint density at radius 2 is 2.20 bits per heavy atom. The molecule has 0 bridgehead atoms. The van der Waals surface area contributed by atoms with Gasteiger partial charge in [0.1, 0.15) is 10.4 Å². The number of hydrogen-bond donors (Lipinski definition) is 2. The number of ether oxygens (including phenoxy) is 1. The Hall–Kier alpha value is -2.08. The summed E-state index contributed by atoms with van der Waals surface area (Å²) in [6, 6.07) is 6.89. The van der Waals surface area contributed by atoms with Crippen molar-refractivity contribution in [2.24, 2.45) is 0 Å². The summed E-state index contributed by atoms with van der Waals surface area (Å²) in [6.45, 7) is 1.90. The number of nitrogens with one attached hydrogen (secondary N) is 1. The lowest BCUT2D eigenvalue weighted by atomic mass is 10.1. The molecule has 1 aromatic heterocycles. The molecule has 104 valence electrons. The number of nitrogens with two attached hydrogens (primary N) is 1. The minimum absolute atomic E-state index is 0.301. The van der Waals surface area contributed by atoms with Crippen molar-refractivity contribution in [3.63, 3.8) is 0 Å². The summed E-state index contributed by atoms with van der Waals surface area (Å²) in [7, 11) is 1.51. The lowest BCUT2D eigenvalue weighted by Crippen LogP contribution is -2.14. The number of methoxy groups -OCH3 is 1. The number of nitrogens with zero attached hydrogens (tertiary/aromatic N) is 1. The molecule has 2 rings (SSSR count). The summed E-state index contributed by atoms with van der Waals surface area (Å²) in [4.78, 5) is 16.3. The van der Waals surface area contributed by atoms with Crippen molar-refractivity contribution >= 4 is 33.2 Å². The predicted molar refractivity (Wildman–Crippen MR) is 82.0 cm³/mol. The van der Waals surface area contributed by atoms with Gasteiger partial charge in [0.05, 0.1) is 30.2 Å². The van der Waals surface area contributed by atoms with Gasteiger partial charge in [-0.15, -0.1) is 0 Å². The van der Waals surface area contributed by atoms with Gasteiger partial charge in [-0.05, 0) is 46.6 Å². The molecule has 0 saturated carbocycles. The Morgan fingerprint density at radius 3 is 2.85 bits per heavy atom. The zero-order chi connectivity index (χ0) is 14.7. The maximum absolute atomic E-state index is 12.2. The van der Waals surface area contributed by atoms with Crippen LogP contribution in [0.15, 0.2) is 35.1 Å². The molecule has 2 aromatic rings. The lowest BCUT2D eigenvalue weighted by molar-refractivity contribution is 0.102. The van der Waals surface area contributed by atoms with E-state index in [1.807, 2.05) is 13.0 Å². The van der Waals surface area contributed by atoms with E-state index in [9.17, 15) is 4.79 Å². The largest absolute Gasteiger partial charge is 0.495 e. The lowest BCUT2D eigenvalue weighted by Gasteiger charge is -2.10. The van der Waals surface area contributed by atoms with Crippen LogP contribution in [0.5, 0.6) is 5.75 Å². The SMILES string of the molecule is COc1cccc(C(=O)Nc2cnc(Br)c(C)c2)c1N. The minimum Gasteiger partial charge on any atom is -0.495 e. The van der Waals surface area contributed by atoms with Crippen LogP contribution in [0.2, 0.25) is 0 Å². The van der Waals surface area contributed by atoms with Gasteiger partial charge < -0.3 is 15.8 Å². The molecule has 0 unspecified atom stereocenters. The molecule has 1 heterocycles. The predicted octanol–water partition coefficient (Wildman–Crippen LogP) is 3.00. The molecule has 0 aliphatic carbocycles. The number of aromatic nitrogens is 1. The summed E-state index contributed by atoms with van der Waals surface area (Å²) >= 11 is 3.31. The van der Waals surface area contributed by atoms with Crippen molar-refractivity contribution in [3.05, 3.63) is 46.2 Å². The van der Waals surface area contributed by atoms with Crippen LogP contribution in [-0.4, -0.2) is 18.0 Å². The fourth-order valence-electron chi connectivity index (χ4n) is 1.74. The maximum Gasteiger partial charge on any atom is 0.257 e. The van der Waals surface area contributed by atoms with E-state index in [0.29, 0.717) is 22.7 Å². The molecule has 0 aliphatic heterocycles. The number of rotatable bonds is 3. The van der Waals surface area contributed by atoms with Crippen LogP contribution in [0, 0.1) is 6.92 Å². The van der Waals surface area contributed by atoms with E-state index < -0.39 is 0 Å². The molecule has 1 amide bonds. The number of pyridine rings is 1. The number of para-hydroxylation sites is 1. The number of amides is 1. The highest BCUT2D eigenvalue weighted by atomic mass is 79.9. The molecule has 6 heteroatoms. The van der Waals surface area contributed by atoms with Crippen LogP contribution < -0.4 is 15.8 Å². The van der Waals surface area contributed by atoms with Gasteiger partial charge >= 0.3 is 0 Å². The Balaban J connectivity index is 2.26. The number of aryl methyl sites for hydroxylation is 1. The van der Waals surface area contributed by atoms with E-state index in [0.717, 1.165) is 10.2 Å². The van der Waals surface area contributed by atoms with Gasteiger partial charge in [0.15, 0.2) is 0 Å². The second kappa shape index (κ2) is 5.92. The summed E-state index contributed by atoms with van der Waals surface area (Å²) in [5, 5.41) is 2.76. The highest BCUT2D eigenvalue weighted by Crippen LogP contribution is 2.25. The van der Waals surface area contributed by atoms with Crippen LogP contribution in [0.1, 0.15) is 15.9 Å². The molecule has 0 saturated heterocycles. The number of hydrogen-bond acceptors (Lipinski definition) is 4. The van der Waals surface area contributed by atoms with Crippen LogP contribution in [0.3, 0.4) is 0 Å². The third kappa shape index (κ3) is 2.91. The summed E-state index contributed by atoms with van der Waals surface area (Å²) < 4.78 is 5.84. The first-order valence-corrected chi connectivity index (χ1v) is 6.68. The fourth-order valence-corrected chi connectivity index (χ4v) is 1.96. The van der Waals surface area contributed by atoms with Crippen LogP contribution in [-0.2, 0) is 0 Å². The average molecular weight is 336 g/mol. The Bertz CT molecular complexity index is 659. The first-order valence-electron chi connectivity index (χ1n) is 5.89. The smallest absolute Gasteiger partial charge is 0.257 e. The van der Waals surface area contributed by atoms with Crippen molar-refractivity contribution < 1.29 is 9.53 Å². The zero-order valence-corrected chi connectivity index (χ0v) is 12.7. The molecule has 0 radical (unpaired) electrons. The second-order valence-corrected chi connectivity index (χ2v) is 4.96. The van der Waals surface area contributed by atoms with E-state index in [1.54, 1.807) is 24.4 Å². The zero-order valence-electron chi connectivity index (χ0n) is 11.1. The summed E-state index contributed by atoms with van der Waals surface area (Å²) in [5.41, 5.74) is 8.11. The van der Waals surface area contributed by atoms with Gasteiger partial charge in [0, 0.05) is 0 Å². The molecule has 3 N–H and O–H groups in total. The first kappa shape index (κ1) is 14.3. The van der Waals surface area contributed by atoms with Crippen molar-refractivity contribution in [3.8, 4) is 5.75 Å². The number of carbonyl (C=O) groups is 1. The second-order valence-electron chi connectivity index (χ2n) is 4.21. The van der Waals surface area contributed by atoms with Crippen molar-refractivity contribution in [2.75, 3.05) is 18.2 Å². The number of nitrogen functional groups attached to an aromatic ring is 1. The highest BCUT2D eigenvalue weighted by Gasteiger charge is 2.13. The highest BCUT2D eigenvalue weighted by molar-refractivity contribution is 9.10. The van der Waals surface area contributed by atoms with Crippen LogP contribution in [0.4, 0.5) is 11.4 Å². The molecule has 0 fully saturated rings. The number of carbonyl (C=O) groups excluding carboxylic acids is 1. The monoisotopic (exact) mass is 335 g/mol. The molecule has 0 aliphatic rings. The Labute approximate surface area is 125 Å². The standard InChI is InChI=1S/C14H14BrN3O2/c1-8-6-9(7-17-13(8)15)18-14(19)10-4-3-5-11(20-2)12(10)16/h3-7H,16H2,1-2H3,(H,18,19). The normalized spacial score (nSPS) is 10.2. The van der Waals surface area contributed by atoms with Crippen molar-refractivity contribution in [1.82, 2.24) is 4.98 Å². The Kier molecular flexibility index (Phi) is 4.24. The maximum atomic E-state index is 12.2. The van der Waals surface area contributed by atoms with Crippen molar-refractivity contribution in [1.29, 1.82) is 0 Å². The third-order valence-electron chi connectivity index (χ3n) is 2.80. The number of benzene rings is 1. The molecule has 0 atom stereocenters. The van der Waals surface area contributed by atoms with E-state index >= 15 is 0 Å². The van der Waals surface area contributed by atoms with Crippen molar-refractivity contribution in [2.45, 2.75) is 6.92 Å². The number of anilines is 2. The fraction of sp³-hybridized carbons (Fsp3) is 0.143. The number of halogens is 1. The quantitative estimate of drug-likeness (QED) is 0.667. The van der Waals surface area contributed by atoms with E-state index in [1.165, 1.54) is 7.11 Å². The molecule has 20 heavy (non-hydrogen) atoms. The average Bonchev–Trinajstić information content (AvgIpc) is 2.43. The molecular weight excluding hydrogens is 322 g/mol. The van der Waals surface area contributed by atoms with Gasteiger partial charge in [-0.2, -0.15) is 0 Å². The van der Waals surface area contributed by atoms with Crippen LogP contribution >= 0.6 is 15.9 Å². The summed E-state index contributed by atoms with van der Waals surface area (Å²) in [6.07, 6.45) is 1.57.